The van der Waals surface area contributed by atoms with Gasteiger partial charge < -0.3 is 5.32 Å². The molecule has 1 aromatic carbocycles. The molecule has 3 heterocycles. The molecule has 154 valence electrons. The molecular weight excluding hydrogens is 416 g/mol. The highest BCUT2D eigenvalue weighted by Crippen LogP contribution is 2.24. The Kier molecular flexibility index (Phi) is 6.01. The monoisotopic (exact) mass is 438 g/mol. The maximum absolute atomic E-state index is 12.5. The molecule has 0 atom stereocenters. The number of carbonyl (C=O) groups is 1. The van der Waals surface area contributed by atoms with Gasteiger partial charge in [-0.2, -0.15) is 5.10 Å². The SMILES string of the molecule is Cc1ccc(-n2nc(C)c(NC(=O)CSc3n[nH]c(Cc4cccs4)n3)c2C)cc1. The van der Waals surface area contributed by atoms with Crippen molar-refractivity contribution >= 4 is 34.7 Å². The average molecular weight is 439 g/mol. The zero-order valence-corrected chi connectivity index (χ0v) is 18.6. The molecule has 0 aliphatic carbocycles. The molecule has 0 saturated carbocycles. The number of nitrogens with one attached hydrogen (secondary N) is 2. The second-order valence-electron chi connectivity index (χ2n) is 6.95. The predicted octanol–water partition coefficient (Wildman–Crippen LogP) is 4.30. The Morgan fingerprint density at radius 1 is 1.20 bits per heavy atom. The van der Waals surface area contributed by atoms with Crippen molar-refractivity contribution in [3.8, 4) is 5.69 Å². The van der Waals surface area contributed by atoms with Crippen molar-refractivity contribution < 1.29 is 4.79 Å². The largest absolute Gasteiger partial charge is 0.322 e. The highest BCUT2D eigenvalue weighted by atomic mass is 32.2. The van der Waals surface area contributed by atoms with Gasteiger partial charge in [-0.3, -0.25) is 9.89 Å². The number of amides is 1. The van der Waals surface area contributed by atoms with E-state index >= 15 is 0 Å². The lowest BCUT2D eigenvalue weighted by atomic mass is 10.2. The van der Waals surface area contributed by atoms with Crippen LogP contribution in [0.5, 0.6) is 0 Å². The summed E-state index contributed by atoms with van der Waals surface area (Å²) in [4.78, 5) is 18.2. The second-order valence-corrected chi connectivity index (χ2v) is 8.93. The highest BCUT2D eigenvalue weighted by Gasteiger charge is 2.16. The van der Waals surface area contributed by atoms with Crippen molar-refractivity contribution in [2.75, 3.05) is 11.1 Å². The van der Waals surface area contributed by atoms with Gasteiger partial charge in [0, 0.05) is 11.3 Å². The fourth-order valence-corrected chi connectivity index (χ4v) is 4.39. The first-order valence-electron chi connectivity index (χ1n) is 9.49. The van der Waals surface area contributed by atoms with Crippen molar-refractivity contribution in [2.24, 2.45) is 0 Å². The molecular formula is C21H22N6OS2. The van der Waals surface area contributed by atoms with E-state index in [0.29, 0.717) is 11.6 Å². The van der Waals surface area contributed by atoms with Crippen LogP contribution in [0.3, 0.4) is 0 Å². The van der Waals surface area contributed by atoms with Crippen LogP contribution < -0.4 is 5.32 Å². The van der Waals surface area contributed by atoms with E-state index in [1.54, 1.807) is 11.3 Å². The Labute approximate surface area is 182 Å². The lowest BCUT2D eigenvalue weighted by Gasteiger charge is -2.07. The molecule has 2 N–H and O–H groups in total. The Morgan fingerprint density at radius 2 is 2.00 bits per heavy atom. The van der Waals surface area contributed by atoms with Gasteiger partial charge in [-0.25, -0.2) is 9.67 Å². The molecule has 0 bridgehead atoms. The number of benzene rings is 1. The van der Waals surface area contributed by atoms with Crippen LogP contribution in [0.2, 0.25) is 0 Å². The molecule has 0 fully saturated rings. The van der Waals surface area contributed by atoms with Crippen LogP contribution in [0, 0.1) is 20.8 Å². The number of nitrogens with zero attached hydrogens (tertiary/aromatic N) is 4. The van der Waals surface area contributed by atoms with E-state index in [1.807, 2.05) is 61.2 Å². The van der Waals surface area contributed by atoms with E-state index in [1.165, 1.54) is 22.2 Å². The molecule has 30 heavy (non-hydrogen) atoms. The molecule has 0 spiro atoms. The third-order valence-corrected chi connectivity index (χ3v) is 6.32. The zero-order chi connectivity index (χ0) is 21.1. The summed E-state index contributed by atoms with van der Waals surface area (Å²) in [6.07, 6.45) is 0.716. The molecule has 3 aromatic heterocycles. The van der Waals surface area contributed by atoms with E-state index in [-0.39, 0.29) is 11.7 Å². The van der Waals surface area contributed by atoms with Gasteiger partial charge in [-0.1, -0.05) is 35.5 Å². The van der Waals surface area contributed by atoms with Crippen LogP contribution in [-0.2, 0) is 11.2 Å². The Bertz CT molecular complexity index is 1150. The topological polar surface area (TPSA) is 88.5 Å². The second kappa shape index (κ2) is 8.85. The van der Waals surface area contributed by atoms with Crippen molar-refractivity contribution in [3.05, 3.63) is 69.4 Å². The number of thiophene rings is 1. The number of H-pyrrole nitrogens is 1. The Balaban J connectivity index is 1.37. The lowest BCUT2D eigenvalue weighted by Crippen LogP contribution is -2.15. The van der Waals surface area contributed by atoms with Gasteiger partial charge in [0.1, 0.15) is 5.82 Å². The van der Waals surface area contributed by atoms with Crippen molar-refractivity contribution in [3.63, 3.8) is 0 Å². The molecule has 0 aliphatic rings. The third-order valence-electron chi connectivity index (χ3n) is 4.60. The summed E-state index contributed by atoms with van der Waals surface area (Å²) < 4.78 is 1.85. The number of hydrogen-bond acceptors (Lipinski definition) is 6. The molecule has 4 aromatic rings. The van der Waals surface area contributed by atoms with E-state index in [4.69, 9.17) is 0 Å². The Hall–Kier alpha value is -2.91. The molecule has 7 nitrogen and oxygen atoms in total. The molecule has 0 unspecified atom stereocenters. The Morgan fingerprint density at radius 3 is 2.73 bits per heavy atom. The number of carbonyl (C=O) groups excluding carboxylic acids is 1. The summed E-state index contributed by atoms with van der Waals surface area (Å²) in [7, 11) is 0. The van der Waals surface area contributed by atoms with Crippen molar-refractivity contribution in [2.45, 2.75) is 32.3 Å². The van der Waals surface area contributed by atoms with Crippen LogP contribution in [-0.4, -0.2) is 36.6 Å². The molecule has 0 radical (unpaired) electrons. The smallest absolute Gasteiger partial charge is 0.234 e. The maximum atomic E-state index is 12.5. The summed E-state index contributed by atoms with van der Waals surface area (Å²) in [5, 5.41) is 17.3. The van der Waals surface area contributed by atoms with E-state index in [2.05, 4.69) is 31.7 Å². The lowest BCUT2D eigenvalue weighted by molar-refractivity contribution is -0.113. The zero-order valence-electron chi connectivity index (χ0n) is 17.0. The summed E-state index contributed by atoms with van der Waals surface area (Å²) >= 11 is 2.99. The summed E-state index contributed by atoms with van der Waals surface area (Å²) in [5.74, 6) is 0.913. The number of thioether (sulfide) groups is 1. The van der Waals surface area contributed by atoms with Crippen LogP contribution >= 0.6 is 23.1 Å². The maximum Gasteiger partial charge on any atom is 0.234 e. The van der Waals surface area contributed by atoms with Crippen molar-refractivity contribution in [1.82, 2.24) is 25.0 Å². The minimum Gasteiger partial charge on any atom is -0.322 e. The standard InChI is InChI=1S/C21H22N6OS2/c1-13-6-8-16(9-7-13)27-15(3)20(14(2)26-27)23-19(28)12-30-21-22-18(24-25-21)11-17-5-4-10-29-17/h4-10H,11-12H2,1-3H3,(H,23,28)(H,22,24,25). The van der Waals surface area contributed by atoms with Gasteiger partial charge in [0.25, 0.3) is 0 Å². The first-order valence-corrected chi connectivity index (χ1v) is 11.4. The first kappa shape index (κ1) is 20.4. The van der Waals surface area contributed by atoms with E-state index in [0.717, 1.165) is 28.6 Å². The van der Waals surface area contributed by atoms with Gasteiger partial charge in [0.05, 0.1) is 28.5 Å². The molecule has 9 heteroatoms. The van der Waals surface area contributed by atoms with E-state index in [9.17, 15) is 4.79 Å². The molecule has 1 amide bonds. The predicted molar refractivity (Wildman–Crippen MR) is 121 cm³/mol. The average Bonchev–Trinajstić information content (AvgIpc) is 3.46. The fourth-order valence-electron chi connectivity index (χ4n) is 3.07. The third kappa shape index (κ3) is 4.63. The van der Waals surface area contributed by atoms with Crippen LogP contribution in [0.15, 0.2) is 46.9 Å². The molecule has 4 rings (SSSR count). The van der Waals surface area contributed by atoms with Gasteiger partial charge >= 0.3 is 0 Å². The minimum atomic E-state index is -0.112. The summed E-state index contributed by atoms with van der Waals surface area (Å²) in [6.45, 7) is 5.90. The quantitative estimate of drug-likeness (QED) is 0.420. The molecule has 0 aliphatic heterocycles. The van der Waals surface area contributed by atoms with E-state index < -0.39 is 0 Å². The van der Waals surface area contributed by atoms with Gasteiger partial charge in [0.2, 0.25) is 11.1 Å². The van der Waals surface area contributed by atoms with Gasteiger partial charge in [0.15, 0.2) is 0 Å². The van der Waals surface area contributed by atoms with Gasteiger partial charge in [-0.05, 0) is 44.4 Å². The fraction of sp³-hybridized carbons (Fsp3) is 0.238. The normalized spacial score (nSPS) is 11.0. The van der Waals surface area contributed by atoms with Crippen molar-refractivity contribution in [1.29, 1.82) is 0 Å². The first-order chi connectivity index (χ1) is 14.5. The van der Waals surface area contributed by atoms with Gasteiger partial charge in [-0.15, -0.1) is 16.4 Å². The number of aryl methyl sites for hydroxylation is 2. The van der Waals surface area contributed by atoms with Crippen LogP contribution in [0.25, 0.3) is 5.69 Å². The summed E-state index contributed by atoms with van der Waals surface area (Å²) in [5.41, 5.74) is 4.58. The van der Waals surface area contributed by atoms with Crippen LogP contribution in [0.1, 0.15) is 27.7 Å². The number of anilines is 1. The number of rotatable bonds is 7. The minimum absolute atomic E-state index is 0.112. The van der Waals surface area contributed by atoms with Crippen LogP contribution in [0.4, 0.5) is 5.69 Å². The molecule has 0 saturated heterocycles. The highest BCUT2D eigenvalue weighted by molar-refractivity contribution is 7.99. The summed E-state index contributed by atoms with van der Waals surface area (Å²) in [6, 6.07) is 12.2. The number of aromatic amines is 1. The number of hydrogen-bond donors (Lipinski definition) is 2. The number of aromatic nitrogens is 5.